The molecule has 0 aliphatic carbocycles. The second-order valence-corrected chi connectivity index (χ2v) is 9.92. The Hall–Kier alpha value is -4.39. The Morgan fingerprint density at radius 2 is 1.73 bits per heavy atom. The van der Waals surface area contributed by atoms with E-state index in [0.717, 1.165) is 83.6 Å². The van der Waals surface area contributed by atoms with Gasteiger partial charge in [-0.3, -0.25) is 4.79 Å². The average Bonchev–Trinajstić information content (AvgIpc) is 2.98. The topological polar surface area (TPSA) is 95.2 Å². The molecule has 0 unspecified atom stereocenters. The van der Waals surface area contributed by atoms with Crippen molar-refractivity contribution in [3.05, 3.63) is 105 Å². The van der Waals surface area contributed by atoms with Gasteiger partial charge in [0, 0.05) is 35.7 Å². The first-order valence-electron chi connectivity index (χ1n) is 14.3. The summed E-state index contributed by atoms with van der Waals surface area (Å²) in [5.74, 6) is 0.613. The van der Waals surface area contributed by atoms with E-state index in [1.807, 2.05) is 38.1 Å². The zero-order chi connectivity index (χ0) is 29.0. The van der Waals surface area contributed by atoms with Gasteiger partial charge in [0.25, 0.3) is 0 Å². The van der Waals surface area contributed by atoms with Crippen LogP contribution in [0.1, 0.15) is 74.3 Å². The molecule has 2 aromatic heterocycles. The minimum atomic E-state index is -0.472. The van der Waals surface area contributed by atoms with Crippen LogP contribution in [0.5, 0.6) is 0 Å². The molecule has 0 atom stereocenters. The minimum Gasteiger partial charge on any atom is -0.466 e. The number of rotatable bonds is 13. The summed E-state index contributed by atoms with van der Waals surface area (Å²) < 4.78 is 9.89. The van der Waals surface area contributed by atoms with Crippen LogP contribution in [-0.4, -0.2) is 27.7 Å². The zero-order valence-electron chi connectivity index (χ0n) is 24.1. The molecule has 41 heavy (non-hydrogen) atoms. The molecule has 7 heteroatoms. The lowest BCUT2D eigenvalue weighted by Gasteiger charge is -2.14. The Morgan fingerprint density at radius 1 is 0.951 bits per heavy atom. The molecule has 0 fully saturated rings. The Balaban J connectivity index is 1.58. The zero-order valence-corrected chi connectivity index (χ0v) is 24.1. The van der Waals surface area contributed by atoms with Crippen molar-refractivity contribution >= 4 is 12.0 Å². The van der Waals surface area contributed by atoms with Crippen LogP contribution in [0.25, 0.3) is 28.5 Å². The van der Waals surface area contributed by atoms with Crippen LogP contribution in [0, 0.1) is 6.92 Å². The minimum absolute atomic E-state index is 0.154. The van der Waals surface area contributed by atoms with E-state index in [9.17, 15) is 9.59 Å². The van der Waals surface area contributed by atoms with Crippen LogP contribution < -0.4 is 5.63 Å². The van der Waals surface area contributed by atoms with Crippen molar-refractivity contribution in [1.29, 1.82) is 0 Å². The summed E-state index contributed by atoms with van der Waals surface area (Å²) in [4.78, 5) is 32.7. The summed E-state index contributed by atoms with van der Waals surface area (Å²) in [7, 11) is 0. The Bertz CT molecular complexity index is 1520. The predicted molar refractivity (Wildman–Crippen MR) is 161 cm³/mol. The number of aromatic nitrogens is 3. The molecule has 4 rings (SSSR count). The number of esters is 1. The van der Waals surface area contributed by atoms with Gasteiger partial charge in [-0.15, -0.1) is 0 Å². The molecule has 4 aromatic rings. The van der Waals surface area contributed by atoms with Crippen LogP contribution in [0.2, 0.25) is 0 Å². The monoisotopic (exact) mass is 551 g/mol. The lowest BCUT2D eigenvalue weighted by molar-refractivity contribution is -0.143. The lowest BCUT2D eigenvalue weighted by atomic mass is 9.94. The van der Waals surface area contributed by atoms with Gasteiger partial charge in [0.05, 0.1) is 12.3 Å². The summed E-state index contributed by atoms with van der Waals surface area (Å²) in [5, 5.41) is 3.98. The summed E-state index contributed by atoms with van der Waals surface area (Å²) in [6.45, 7) is 6.36. The van der Waals surface area contributed by atoms with Gasteiger partial charge in [-0.25, -0.2) is 14.8 Å². The normalized spacial score (nSPS) is 11.2. The van der Waals surface area contributed by atoms with Gasteiger partial charge in [-0.1, -0.05) is 73.1 Å². The van der Waals surface area contributed by atoms with Gasteiger partial charge in [-0.05, 0) is 68.4 Å². The highest BCUT2D eigenvalue weighted by molar-refractivity contribution is 5.81. The fourth-order valence-corrected chi connectivity index (χ4v) is 4.76. The summed E-state index contributed by atoms with van der Waals surface area (Å²) in [5.41, 5.74) is 7.43. The molecule has 2 heterocycles. The highest BCUT2D eigenvalue weighted by Gasteiger charge is 2.14. The lowest BCUT2D eigenvalue weighted by Crippen LogP contribution is -2.07. The van der Waals surface area contributed by atoms with E-state index < -0.39 is 5.63 Å². The Morgan fingerprint density at radius 3 is 2.44 bits per heavy atom. The van der Waals surface area contributed by atoms with Crippen LogP contribution >= 0.6 is 0 Å². The third-order valence-corrected chi connectivity index (χ3v) is 6.80. The number of hydrogen-bond acceptors (Lipinski definition) is 7. The summed E-state index contributed by atoms with van der Waals surface area (Å²) in [6.07, 6.45) is 9.88. The number of ether oxygens (including phenoxy) is 1. The molecular formula is C34H37N3O4. The number of allylic oxidation sites excluding steroid dienone is 1. The molecule has 212 valence electrons. The largest absolute Gasteiger partial charge is 0.466 e. The van der Waals surface area contributed by atoms with Crippen LogP contribution in [0.3, 0.4) is 0 Å². The Labute approximate surface area is 241 Å². The molecule has 2 aromatic carbocycles. The second-order valence-electron chi connectivity index (χ2n) is 9.92. The van der Waals surface area contributed by atoms with Gasteiger partial charge in [0.15, 0.2) is 0 Å². The molecule has 0 saturated heterocycles. The number of unbranched alkanes of at least 4 members (excludes halogenated alkanes) is 2. The quantitative estimate of drug-likeness (QED) is 0.129. The molecular weight excluding hydrogens is 514 g/mol. The fourth-order valence-electron chi connectivity index (χ4n) is 4.76. The molecule has 0 aliphatic heterocycles. The van der Waals surface area contributed by atoms with Crippen molar-refractivity contribution in [2.24, 2.45) is 0 Å². The van der Waals surface area contributed by atoms with Crippen LogP contribution in [0.4, 0.5) is 0 Å². The number of nitrogens with zero attached hydrogens (tertiary/aromatic N) is 3. The smallest absolute Gasteiger partial charge is 0.358 e. The number of carbonyl (C=O) groups is 1. The maximum Gasteiger partial charge on any atom is 0.358 e. The van der Waals surface area contributed by atoms with Crippen molar-refractivity contribution < 1.29 is 14.1 Å². The molecule has 0 aliphatic rings. The van der Waals surface area contributed by atoms with Crippen molar-refractivity contribution in [2.45, 2.75) is 65.7 Å². The van der Waals surface area contributed by atoms with E-state index in [-0.39, 0.29) is 5.97 Å². The summed E-state index contributed by atoms with van der Waals surface area (Å²) in [6, 6.07) is 19.5. The van der Waals surface area contributed by atoms with Crippen molar-refractivity contribution in [3.63, 3.8) is 0 Å². The molecule has 0 saturated carbocycles. The number of aryl methyl sites for hydroxylation is 2. The third-order valence-electron chi connectivity index (χ3n) is 6.80. The maximum atomic E-state index is 11.7. The predicted octanol–water partition coefficient (Wildman–Crippen LogP) is 7.15. The Kier molecular flexibility index (Phi) is 10.7. The van der Waals surface area contributed by atoms with E-state index in [1.165, 1.54) is 6.07 Å². The average molecular weight is 552 g/mol. The SMILES string of the molecule is CCCCc1nc(C)nc(/C=C\CCCC(=O)OCC)c1Cc1ccc(-c2ccccc2-c2ccc(=O)on2)cc1. The van der Waals surface area contributed by atoms with Crippen molar-refractivity contribution in [3.8, 4) is 22.4 Å². The standard InChI is InChI=1S/C34H37N3O4/c1-4-6-14-30-29(31(36-24(3)35-30)15-8-7-9-16-33(38)40-5-2)23-25-17-19-26(20-18-25)27-12-10-11-13-28(27)32-21-22-34(39)41-37-32/h8,10-13,15,17-22H,4-7,9,14,16,23H2,1-3H3/b15-8-. The molecule has 0 amide bonds. The molecule has 0 N–H and O–H groups in total. The highest BCUT2D eigenvalue weighted by Crippen LogP contribution is 2.31. The maximum absolute atomic E-state index is 11.7. The number of carbonyl (C=O) groups excluding carboxylic acids is 1. The first kappa shape index (κ1) is 29.6. The van der Waals surface area contributed by atoms with Crippen molar-refractivity contribution in [1.82, 2.24) is 15.1 Å². The first-order chi connectivity index (χ1) is 20.0. The van der Waals surface area contributed by atoms with Gasteiger partial charge < -0.3 is 9.26 Å². The number of hydrogen-bond donors (Lipinski definition) is 0. The van der Waals surface area contributed by atoms with E-state index in [4.69, 9.17) is 19.2 Å². The van der Waals surface area contributed by atoms with E-state index in [1.54, 1.807) is 6.07 Å². The van der Waals surface area contributed by atoms with E-state index in [2.05, 4.69) is 48.5 Å². The number of benzene rings is 2. The second kappa shape index (κ2) is 14.8. The van der Waals surface area contributed by atoms with Crippen LogP contribution in [0.15, 0.2) is 76.1 Å². The van der Waals surface area contributed by atoms with Crippen molar-refractivity contribution in [2.75, 3.05) is 6.61 Å². The molecule has 0 bridgehead atoms. The van der Waals surface area contributed by atoms with Gasteiger partial charge >= 0.3 is 11.6 Å². The van der Waals surface area contributed by atoms with E-state index in [0.29, 0.717) is 18.7 Å². The fraction of sp³-hybridized carbons (Fsp3) is 0.324. The van der Waals surface area contributed by atoms with Gasteiger partial charge in [0.2, 0.25) is 0 Å². The summed E-state index contributed by atoms with van der Waals surface area (Å²) >= 11 is 0. The first-order valence-corrected chi connectivity index (χ1v) is 14.3. The van der Waals surface area contributed by atoms with Crippen LogP contribution in [-0.2, 0) is 22.4 Å². The third kappa shape index (κ3) is 8.30. The molecule has 0 spiro atoms. The van der Waals surface area contributed by atoms with Gasteiger partial charge in [0.1, 0.15) is 11.5 Å². The molecule has 0 radical (unpaired) electrons. The molecule has 7 nitrogen and oxygen atoms in total. The van der Waals surface area contributed by atoms with Gasteiger partial charge in [-0.2, -0.15) is 0 Å². The van der Waals surface area contributed by atoms with E-state index >= 15 is 0 Å². The highest BCUT2D eigenvalue weighted by atomic mass is 16.5.